The van der Waals surface area contributed by atoms with Crippen molar-refractivity contribution in [3.05, 3.63) is 39.9 Å². The average molecular weight is 262 g/mol. The summed E-state index contributed by atoms with van der Waals surface area (Å²) in [5, 5.41) is 10.5. The fourth-order valence-electron chi connectivity index (χ4n) is 1.87. The van der Waals surface area contributed by atoms with Crippen LogP contribution in [0.25, 0.3) is 0 Å². The molecule has 19 heavy (non-hydrogen) atoms. The summed E-state index contributed by atoms with van der Waals surface area (Å²) in [6.45, 7) is -0.191. The average Bonchev–Trinajstić information content (AvgIpc) is 2.37. The van der Waals surface area contributed by atoms with E-state index in [4.69, 9.17) is 0 Å². The predicted molar refractivity (Wildman–Crippen MR) is 63.6 cm³/mol. The van der Waals surface area contributed by atoms with Crippen LogP contribution in [0.4, 0.5) is 5.69 Å². The van der Waals surface area contributed by atoms with E-state index in [1.165, 1.54) is 24.3 Å². The molecule has 1 amide bonds. The molecule has 1 aliphatic rings. The van der Waals surface area contributed by atoms with Crippen molar-refractivity contribution in [2.45, 2.75) is 6.42 Å². The highest BCUT2D eigenvalue weighted by Gasteiger charge is 2.27. The minimum absolute atomic E-state index is 0.0957. The third-order valence-electron chi connectivity index (χ3n) is 2.74. The lowest BCUT2D eigenvalue weighted by Crippen LogP contribution is -2.44. The number of carbonyl (C=O) groups is 3. The number of benzene rings is 1. The SMILES string of the molecule is O=C1CC(=O)CN(C(=O)c2ccc([N+](=O)[O-])cc2)C1. The van der Waals surface area contributed by atoms with E-state index in [0.29, 0.717) is 0 Å². The van der Waals surface area contributed by atoms with Crippen LogP contribution >= 0.6 is 0 Å². The number of carbonyl (C=O) groups excluding carboxylic acids is 3. The number of nitro groups is 1. The van der Waals surface area contributed by atoms with Crippen molar-refractivity contribution in [1.82, 2.24) is 4.90 Å². The molecule has 0 N–H and O–H groups in total. The Labute approximate surface area is 108 Å². The first kappa shape index (κ1) is 12.9. The lowest BCUT2D eigenvalue weighted by atomic mass is 10.1. The van der Waals surface area contributed by atoms with Crippen molar-refractivity contribution in [2.75, 3.05) is 13.1 Å². The number of nitrogens with zero attached hydrogens (tertiary/aromatic N) is 2. The number of Topliss-reactive ketones (excluding diaryl/α,β-unsaturated/α-hetero) is 2. The third-order valence-corrected chi connectivity index (χ3v) is 2.74. The van der Waals surface area contributed by atoms with Crippen molar-refractivity contribution in [1.29, 1.82) is 0 Å². The monoisotopic (exact) mass is 262 g/mol. The highest BCUT2D eigenvalue weighted by atomic mass is 16.6. The highest BCUT2D eigenvalue weighted by Crippen LogP contribution is 2.15. The van der Waals surface area contributed by atoms with E-state index in [2.05, 4.69) is 0 Å². The van der Waals surface area contributed by atoms with Crippen molar-refractivity contribution in [3.8, 4) is 0 Å². The van der Waals surface area contributed by atoms with Crippen molar-refractivity contribution >= 4 is 23.2 Å². The Morgan fingerprint density at radius 3 is 2.11 bits per heavy atom. The fourth-order valence-corrected chi connectivity index (χ4v) is 1.87. The molecule has 0 saturated carbocycles. The normalized spacial score (nSPS) is 15.5. The number of likely N-dealkylation sites (tertiary alicyclic amines) is 1. The van der Waals surface area contributed by atoms with Crippen LogP contribution in [0.15, 0.2) is 24.3 Å². The molecule has 0 atom stereocenters. The van der Waals surface area contributed by atoms with Gasteiger partial charge in [0.05, 0.1) is 24.4 Å². The van der Waals surface area contributed by atoms with Gasteiger partial charge in [0.2, 0.25) is 0 Å². The third kappa shape index (κ3) is 2.82. The summed E-state index contributed by atoms with van der Waals surface area (Å²) in [7, 11) is 0. The maximum Gasteiger partial charge on any atom is 0.269 e. The van der Waals surface area contributed by atoms with Crippen LogP contribution in [0.1, 0.15) is 16.8 Å². The number of hydrogen-bond donors (Lipinski definition) is 0. The van der Waals surface area contributed by atoms with E-state index in [-0.39, 0.29) is 42.3 Å². The molecule has 0 unspecified atom stereocenters. The van der Waals surface area contributed by atoms with Gasteiger partial charge in [-0.25, -0.2) is 0 Å². The Hall–Kier alpha value is -2.57. The molecule has 1 aromatic rings. The smallest absolute Gasteiger partial charge is 0.269 e. The Kier molecular flexibility index (Phi) is 3.37. The fraction of sp³-hybridized carbons (Fsp3) is 0.250. The molecule has 0 bridgehead atoms. The van der Waals surface area contributed by atoms with Crippen molar-refractivity contribution in [3.63, 3.8) is 0 Å². The van der Waals surface area contributed by atoms with Crippen molar-refractivity contribution < 1.29 is 19.3 Å². The largest absolute Gasteiger partial charge is 0.324 e. The number of hydrogen-bond acceptors (Lipinski definition) is 5. The lowest BCUT2D eigenvalue weighted by Gasteiger charge is -2.24. The van der Waals surface area contributed by atoms with Gasteiger partial charge in [0.15, 0.2) is 11.6 Å². The molecule has 7 nitrogen and oxygen atoms in total. The van der Waals surface area contributed by atoms with Gasteiger partial charge in [-0.15, -0.1) is 0 Å². The molecule has 1 aromatic carbocycles. The first-order chi connectivity index (χ1) is 8.97. The van der Waals surface area contributed by atoms with Crippen LogP contribution in [-0.2, 0) is 9.59 Å². The summed E-state index contributed by atoms with van der Waals surface area (Å²) in [5.41, 5.74) is 0.0930. The van der Waals surface area contributed by atoms with E-state index < -0.39 is 10.8 Å². The maximum atomic E-state index is 12.0. The standard InChI is InChI=1S/C12H10N2O5/c15-10-5-11(16)7-13(6-10)12(17)8-1-3-9(4-2-8)14(18)19/h1-4H,5-7H2. The minimum Gasteiger partial charge on any atom is -0.324 e. The van der Waals surface area contributed by atoms with Gasteiger partial charge in [-0.05, 0) is 12.1 Å². The van der Waals surface area contributed by atoms with Crippen LogP contribution in [-0.4, -0.2) is 40.4 Å². The number of amides is 1. The van der Waals surface area contributed by atoms with Gasteiger partial charge in [0, 0.05) is 17.7 Å². The van der Waals surface area contributed by atoms with E-state index in [0.717, 1.165) is 4.90 Å². The second kappa shape index (κ2) is 4.97. The van der Waals surface area contributed by atoms with Gasteiger partial charge in [-0.2, -0.15) is 0 Å². The van der Waals surface area contributed by atoms with Gasteiger partial charge < -0.3 is 4.90 Å². The van der Waals surface area contributed by atoms with Gasteiger partial charge in [0.1, 0.15) is 0 Å². The van der Waals surface area contributed by atoms with Gasteiger partial charge in [-0.3, -0.25) is 24.5 Å². The van der Waals surface area contributed by atoms with Crippen LogP contribution in [0.2, 0.25) is 0 Å². The van der Waals surface area contributed by atoms with Crippen LogP contribution in [0, 0.1) is 10.1 Å². The Morgan fingerprint density at radius 2 is 1.63 bits per heavy atom. The maximum absolute atomic E-state index is 12.0. The van der Waals surface area contributed by atoms with E-state index >= 15 is 0 Å². The molecule has 0 aliphatic carbocycles. The summed E-state index contributed by atoms with van der Waals surface area (Å²) >= 11 is 0. The summed E-state index contributed by atoms with van der Waals surface area (Å²) in [6.07, 6.45) is -0.135. The minimum atomic E-state index is -0.567. The van der Waals surface area contributed by atoms with Gasteiger partial charge in [0.25, 0.3) is 11.6 Å². The molecule has 1 heterocycles. The predicted octanol–water partition coefficient (Wildman–Crippen LogP) is 0.579. The molecule has 98 valence electrons. The van der Waals surface area contributed by atoms with E-state index in [9.17, 15) is 24.5 Å². The number of ketones is 2. The van der Waals surface area contributed by atoms with Gasteiger partial charge >= 0.3 is 0 Å². The molecular weight excluding hydrogens is 252 g/mol. The zero-order valence-electron chi connectivity index (χ0n) is 9.87. The van der Waals surface area contributed by atoms with E-state index in [1.54, 1.807) is 0 Å². The lowest BCUT2D eigenvalue weighted by molar-refractivity contribution is -0.384. The Morgan fingerprint density at radius 1 is 1.11 bits per heavy atom. The summed E-state index contributed by atoms with van der Waals surface area (Å²) in [5.74, 6) is -1.07. The van der Waals surface area contributed by atoms with Crippen LogP contribution in [0.5, 0.6) is 0 Å². The summed E-state index contributed by atoms with van der Waals surface area (Å²) in [6, 6.07) is 5.04. The molecule has 1 saturated heterocycles. The highest BCUT2D eigenvalue weighted by molar-refractivity contribution is 6.08. The molecule has 1 aliphatic heterocycles. The zero-order valence-corrected chi connectivity index (χ0v) is 9.87. The molecule has 0 spiro atoms. The zero-order chi connectivity index (χ0) is 14.0. The first-order valence-corrected chi connectivity index (χ1v) is 5.54. The second-order valence-corrected chi connectivity index (χ2v) is 4.22. The molecule has 2 rings (SSSR count). The molecule has 7 heteroatoms. The number of non-ortho nitro benzene ring substituents is 1. The van der Waals surface area contributed by atoms with E-state index in [1.807, 2.05) is 0 Å². The second-order valence-electron chi connectivity index (χ2n) is 4.22. The van der Waals surface area contributed by atoms with Crippen LogP contribution < -0.4 is 0 Å². The first-order valence-electron chi connectivity index (χ1n) is 5.54. The van der Waals surface area contributed by atoms with Crippen molar-refractivity contribution in [2.24, 2.45) is 0 Å². The quantitative estimate of drug-likeness (QED) is 0.441. The number of rotatable bonds is 2. The van der Waals surface area contributed by atoms with Gasteiger partial charge in [-0.1, -0.05) is 0 Å². The molecule has 0 aromatic heterocycles. The summed E-state index contributed by atoms with van der Waals surface area (Å²) in [4.78, 5) is 45.6. The topological polar surface area (TPSA) is 97.6 Å². The number of piperidine rings is 1. The molecule has 0 radical (unpaired) electrons. The molecular formula is C12H10N2O5. The number of nitro benzene ring substituents is 1. The molecule has 1 fully saturated rings. The van der Waals surface area contributed by atoms with Crippen LogP contribution in [0.3, 0.4) is 0 Å². The summed E-state index contributed by atoms with van der Waals surface area (Å²) < 4.78 is 0. The Bertz CT molecular complexity index is 548. The Balaban J connectivity index is 2.17.